The molecule has 0 aromatic rings. The second-order valence-electron chi connectivity index (χ2n) is 0.967. The van der Waals surface area contributed by atoms with Crippen molar-refractivity contribution in [3.8, 4) is 0 Å². The smallest absolute Gasteiger partial charge is 0.394 e. The molecule has 0 aromatic carbocycles. The average molecular weight is 181 g/mol. The zero-order chi connectivity index (χ0) is 8.08. The third kappa shape index (κ3) is 3890. The molecule has 10 heavy (non-hydrogen) atoms. The zero-order valence-corrected chi connectivity index (χ0v) is 8.29. The van der Waals surface area contributed by atoms with Gasteiger partial charge in [0.2, 0.25) is 0 Å². The third-order valence-corrected chi connectivity index (χ3v) is 0. The van der Waals surface area contributed by atoms with Crippen molar-refractivity contribution in [2.45, 2.75) is 6.92 Å². The summed E-state index contributed by atoms with van der Waals surface area (Å²) in [5, 5.41) is 7.42. The maximum absolute atomic E-state index is 9.00. The molecule has 0 aliphatic heterocycles. The van der Waals surface area contributed by atoms with Crippen LogP contribution in [-0.4, -0.2) is 58.2 Å². The van der Waals surface area contributed by atoms with Gasteiger partial charge in [0.1, 0.15) is 0 Å². The Labute approximate surface area is 80.1 Å². The second-order valence-corrected chi connectivity index (χ2v) is 1.86. The molecule has 0 aliphatic rings. The van der Waals surface area contributed by atoms with E-state index >= 15 is 0 Å². The number of carboxylic acid groups (broad SMARTS) is 1. The number of hydrogen-bond acceptors (Lipinski definition) is 3. The molecular weight excluding hydrogens is 175 g/mol. The predicted octanol–water partition coefficient (Wildman–Crippen LogP) is -0.943. The van der Waals surface area contributed by atoms with E-state index in [1.54, 1.807) is 0 Å². The van der Waals surface area contributed by atoms with Gasteiger partial charge in [-0.2, -0.15) is 8.42 Å². The molecule has 8 heteroatoms. The van der Waals surface area contributed by atoms with E-state index in [0.717, 1.165) is 6.92 Å². The molecule has 0 fully saturated rings. The molecule has 0 atom stereocenters. The summed E-state index contributed by atoms with van der Waals surface area (Å²) < 4.78 is 31.6. The van der Waals surface area contributed by atoms with Gasteiger partial charge in [0.15, 0.2) is 0 Å². The molecular formula is C2H6NaO6S. The fourth-order valence-corrected chi connectivity index (χ4v) is 0. The van der Waals surface area contributed by atoms with Gasteiger partial charge in [0.05, 0.1) is 0 Å². The Morgan fingerprint density at radius 2 is 1.30 bits per heavy atom. The van der Waals surface area contributed by atoms with Crippen LogP contribution in [0.4, 0.5) is 0 Å². The molecule has 6 nitrogen and oxygen atoms in total. The predicted molar refractivity (Wildman–Crippen MR) is 33.2 cm³/mol. The van der Waals surface area contributed by atoms with Gasteiger partial charge in [-0.25, -0.2) is 0 Å². The molecule has 0 unspecified atom stereocenters. The van der Waals surface area contributed by atoms with Crippen LogP contribution in [-0.2, 0) is 15.2 Å². The van der Waals surface area contributed by atoms with Gasteiger partial charge in [-0.1, -0.05) is 0 Å². The van der Waals surface area contributed by atoms with Crippen LogP contribution in [0.25, 0.3) is 0 Å². The van der Waals surface area contributed by atoms with E-state index in [2.05, 4.69) is 0 Å². The summed E-state index contributed by atoms with van der Waals surface area (Å²) in [4.78, 5) is 9.00. The van der Waals surface area contributed by atoms with Crippen molar-refractivity contribution >= 4 is 45.9 Å². The van der Waals surface area contributed by atoms with Gasteiger partial charge >= 0.3 is 10.4 Å². The van der Waals surface area contributed by atoms with Gasteiger partial charge in [0, 0.05) is 36.5 Å². The van der Waals surface area contributed by atoms with Crippen LogP contribution >= 0.6 is 0 Å². The topological polar surface area (TPSA) is 112 Å². The van der Waals surface area contributed by atoms with Gasteiger partial charge in [0.25, 0.3) is 5.97 Å². The second kappa shape index (κ2) is 7.45. The Kier molecular flexibility index (Phi) is 12.5. The van der Waals surface area contributed by atoms with Crippen LogP contribution in [0.2, 0.25) is 0 Å². The first-order chi connectivity index (χ1) is 3.73. The zero-order valence-electron chi connectivity index (χ0n) is 5.47. The van der Waals surface area contributed by atoms with Gasteiger partial charge in [-0.05, 0) is 0 Å². The molecule has 0 heterocycles. The summed E-state index contributed by atoms with van der Waals surface area (Å²) in [7, 11) is -4.67. The minimum absolute atomic E-state index is 0. The van der Waals surface area contributed by atoms with E-state index < -0.39 is 16.4 Å². The summed E-state index contributed by atoms with van der Waals surface area (Å²) in [6, 6.07) is 0. The Morgan fingerprint density at radius 3 is 1.30 bits per heavy atom. The summed E-state index contributed by atoms with van der Waals surface area (Å²) in [6.07, 6.45) is 0. The van der Waals surface area contributed by atoms with Crippen molar-refractivity contribution in [3.63, 3.8) is 0 Å². The molecule has 1 radical (unpaired) electrons. The van der Waals surface area contributed by atoms with E-state index in [0.29, 0.717) is 0 Å². The number of rotatable bonds is 0. The van der Waals surface area contributed by atoms with E-state index in [1.165, 1.54) is 0 Å². The van der Waals surface area contributed by atoms with E-state index in [9.17, 15) is 0 Å². The summed E-state index contributed by atoms with van der Waals surface area (Å²) in [5.74, 6) is -0.833. The molecule has 0 saturated carbocycles. The molecule has 0 saturated heterocycles. The van der Waals surface area contributed by atoms with Crippen molar-refractivity contribution in [2.24, 2.45) is 0 Å². The van der Waals surface area contributed by atoms with Crippen molar-refractivity contribution in [3.05, 3.63) is 0 Å². The van der Waals surface area contributed by atoms with Crippen LogP contribution in [0.3, 0.4) is 0 Å². The number of hydrogen-bond donors (Lipinski definition) is 3. The summed E-state index contributed by atoms with van der Waals surface area (Å²) in [5.41, 5.74) is 0. The minimum atomic E-state index is -4.67. The number of aliphatic carboxylic acids is 1. The molecule has 0 aliphatic carbocycles. The minimum Gasteiger partial charge on any atom is -0.481 e. The first kappa shape index (κ1) is 16.7. The van der Waals surface area contributed by atoms with Gasteiger partial charge in [-0.3, -0.25) is 13.9 Å². The Bertz CT molecular complexity index is 158. The van der Waals surface area contributed by atoms with Crippen LogP contribution in [0.1, 0.15) is 6.92 Å². The third-order valence-electron chi connectivity index (χ3n) is 0. The van der Waals surface area contributed by atoms with Crippen molar-refractivity contribution in [1.82, 2.24) is 0 Å². The standard InChI is InChI=1S/C2H4O2.Na.H2O4S/c1-2(3)4;;1-5(2,3)4/h1H3,(H,3,4);;(H2,1,2,3,4). The van der Waals surface area contributed by atoms with E-state index in [4.69, 9.17) is 27.4 Å². The van der Waals surface area contributed by atoms with Crippen LogP contribution in [0, 0.1) is 0 Å². The van der Waals surface area contributed by atoms with Crippen LogP contribution in [0.15, 0.2) is 0 Å². The van der Waals surface area contributed by atoms with E-state index in [-0.39, 0.29) is 29.6 Å². The van der Waals surface area contributed by atoms with Crippen LogP contribution < -0.4 is 0 Å². The molecule has 0 aromatic heterocycles. The molecule has 0 spiro atoms. The molecule has 0 bridgehead atoms. The SMILES string of the molecule is CC(=O)O.O=S(=O)(O)O.[Na]. The molecule has 3 N–H and O–H groups in total. The first-order valence-electron chi connectivity index (χ1n) is 1.63. The van der Waals surface area contributed by atoms with E-state index in [1.807, 2.05) is 0 Å². The maximum atomic E-state index is 9.00. The summed E-state index contributed by atoms with van der Waals surface area (Å²) >= 11 is 0. The van der Waals surface area contributed by atoms with Crippen molar-refractivity contribution < 1.29 is 27.4 Å². The fraction of sp³-hybridized carbons (Fsp3) is 0.500. The number of carboxylic acids is 1. The number of carbonyl (C=O) groups is 1. The first-order valence-corrected chi connectivity index (χ1v) is 3.02. The van der Waals surface area contributed by atoms with Crippen molar-refractivity contribution in [1.29, 1.82) is 0 Å². The van der Waals surface area contributed by atoms with Crippen LogP contribution in [0.5, 0.6) is 0 Å². The molecule has 0 amide bonds. The molecule has 57 valence electrons. The quantitative estimate of drug-likeness (QED) is 0.328. The summed E-state index contributed by atoms with van der Waals surface area (Å²) in [6.45, 7) is 1.08. The molecule has 0 rings (SSSR count). The monoisotopic (exact) mass is 181 g/mol. The normalized spacial score (nSPS) is 8.30. The Morgan fingerprint density at radius 1 is 1.30 bits per heavy atom. The Hall–Kier alpha value is 0.340. The van der Waals surface area contributed by atoms with Gasteiger partial charge in [-0.15, -0.1) is 0 Å². The fourth-order valence-electron chi connectivity index (χ4n) is 0. The Balaban J connectivity index is -0.0000000910. The largest absolute Gasteiger partial charge is 0.481 e. The van der Waals surface area contributed by atoms with Gasteiger partial charge < -0.3 is 5.11 Å². The average Bonchev–Trinajstić information content (AvgIpc) is 1.19. The van der Waals surface area contributed by atoms with Crippen molar-refractivity contribution in [2.75, 3.05) is 0 Å². The maximum Gasteiger partial charge on any atom is 0.394 e.